The van der Waals surface area contributed by atoms with Gasteiger partial charge in [0.15, 0.2) is 0 Å². The SMILES string of the molecule is Cc1cnccc1CNc1ncc(N)cc1C. The summed E-state index contributed by atoms with van der Waals surface area (Å²) in [5, 5.41) is 3.30. The van der Waals surface area contributed by atoms with E-state index in [0.717, 1.165) is 17.9 Å². The van der Waals surface area contributed by atoms with Crippen molar-refractivity contribution in [3.63, 3.8) is 0 Å². The molecule has 0 radical (unpaired) electrons. The molecule has 0 atom stereocenters. The molecule has 2 rings (SSSR count). The van der Waals surface area contributed by atoms with Gasteiger partial charge in [-0.3, -0.25) is 4.98 Å². The van der Waals surface area contributed by atoms with E-state index in [-0.39, 0.29) is 0 Å². The van der Waals surface area contributed by atoms with Crippen LogP contribution in [0.2, 0.25) is 0 Å². The second-order valence-corrected chi connectivity index (χ2v) is 4.09. The van der Waals surface area contributed by atoms with Crippen LogP contribution in [0.5, 0.6) is 0 Å². The van der Waals surface area contributed by atoms with Crippen LogP contribution >= 0.6 is 0 Å². The minimum Gasteiger partial charge on any atom is -0.397 e. The highest BCUT2D eigenvalue weighted by atomic mass is 15.0. The van der Waals surface area contributed by atoms with Crippen LogP contribution < -0.4 is 11.1 Å². The Kier molecular flexibility index (Phi) is 3.23. The van der Waals surface area contributed by atoms with Gasteiger partial charge in [0.05, 0.1) is 11.9 Å². The number of nitrogen functional groups attached to an aromatic ring is 1. The van der Waals surface area contributed by atoms with E-state index in [1.54, 1.807) is 12.4 Å². The maximum Gasteiger partial charge on any atom is 0.129 e. The zero-order valence-corrected chi connectivity index (χ0v) is 10.1. The number of nitrogens with zero attached hydrogens (tertiary/aromatic N) is 2. The monoisotopic (exact) mass is 228 g/mol. The van der Waals surface area contributed by atoms with E-state index in [4.69, 9.17) is 5.73 Å². The molecule has 2 aromatic heterocycles. The number of rotatable bonds is 3. The molecule has 0 aromatic carbocycles. The lowest BCUT2D eigenvalue weighted by Gasteiger charge is -2.10. The second-order valence-electron chi connectivity index (χ2n) is 4.09. The minimum atomic E-state index is 0.688. The van der Waals surface area contributed by atoms with Gasteiger partial charge >= 0.3 is 0 Å². The molecule has 0 bridgehead atoms. The maximum atomic E-state index is 5.66. The van der Waals surface area contributed by atoms with Crippen LogP contribution in [0.25, 0.3) is 0 Å². The fourth-order valence-electron chi connectivity index (χ4n) is 1.66. The molecule has 3 N–H and O–H groups in total. The van der Waals surface area contributed by atoms with Crippen LogP contribution in [0, 0.1) is 13.8 Å². The van der Waals surface area contributed by atoms with E-state index >= 15 is 0 Å². The van der Waals surface area contributed by atoms with E-state index < -0.39 is 0 Å². The summed E-state index contributed by atoms with van der Waals surface area (Å²) in [6.07, 6.45) is 5.32. The number of pyridine rings is 2. The van der Waals surface area contributed by atoms with Gasteiger partial charge in [0.1, 0.15) is 5.82 Å². The molecule has 0 unspecified atom stereocenters. The Morgan fingerprint density at radius 1 is 1.24 bits per heavy atom. The molecule has 4 nitrogen and oxygen atoms in total. The molecule has 0 amide bonds. The standard InChI is InChI=1S/C13H16N4/c1-9-5-12(14)8-17-13(9)16-7-11-3-4-15-6-10(11)2/h3-6,8H,7,14H2,1-2H3,(H,16,17). The summed E-state index contributed by atoms with van der Waals surface area (Å²) in [5.41, 5.74) is 9.80. The Morgan fingerprint density at radius 3 is 2.76 bits per heavy atom. The van der Waals surface area contributed by atoms with Crippen molar-refractivity contribution in [3.05, 3.63) is 47.4 Å². The van der Waals surface area contributed by atoms with Gasteiger partial charge in [-0.15, -0.1) is 0 Å². The van der Waals surface area contributed by atoms with Gasteiger partial charge in [0, 0.05) is 18.9 Å². The zero-order valence-electron chi connectivity index (χ0n) is 10.1. The number of hydrogen-bond donors (Lipinski definition) is 2. The molecule has 0 saturated heterocycles. The summed E-state index contributed by atoms with van der Waals surface area (Å²) in [6.45, 7) is 4.78. The first-order valence-corrected chi connectivity index (χ1v) is 5.52. The van der Waals surface area contributed by atoms with E-state index in [1.165, 1.54) is 11.1 Å². The summed E-state index contributed by atoms with van der Waals surface area (Å²) in [5.74, 6) is 0.871. The Balaban J connectivity index is 2.10. The average molecular weight is 228 g/mol. The fourth-order valence-corrected chi connectivity index (χ4v) is 1.66. The van der Waals surface area contributed by atoms with Crippen molar-refractivity contribution in [2.75, 3.05) is 11.1 Å². The molecule has 4 heteroatoms. The van der Waals surface area contributed by atoms with Crippen molar-refractivity contribution in [2.24, 2.45) is 0 Å². The number of aryl methyl sites for hydroxylation is 2. The van der Waals surface area contributed by atoms with E-state index in [9.17, 15) is 0 Å². The Morgan fingerprint density at radius 2 is 2.06 bits per heavy atom. The lowest BCUT2D eigenvalue weighted by atomic mass is 10.1. The van der Waals surface area contributed by atoms with Gasteiger partial charge < -0.3 is 11.1 Å². The summed E-state index contributed by atoms with van der Waals surface area (Å²) < 4.78 is 0. The molecule has 17 heavy (non-hydrogen) atoms. The third kappa shape index (κ3) is 2.72. The molecular weight excluding hydrogens is 212 g/mol. The maximum absolute atomic E-state index is 5.66. The summed E-state index contributed by atoms with van der Waals surface area (Å²) in [7, 11) is 0. The van der Waals surface area contributed by atoms with Crippen molar-refractivity contribution >= 4 is 11.5 Å². The average Bonchev–Trinajstić information content (AvgIpc) is 2.30. The molecule has 0 aliphatic rings. The zero-order chi connectivity index (χ0) is 12.3. The molecule has 0 fully saturated rings. The largest absolute Gasteiger partial charge is 0.397 e. The third-order valence-corrected chi connectivity index (χ3v) is 2.68. The fraction of sp³-hybridized carbons (Fsp3) is 0.231. The predicted molar refractivity (Wildman–Crippen MR) is 69.7 cm³/mol. The van der Waals surface area contributed by atoms with Gasteiger partial charge in [0.25, 0.3) is 0 Å². The summed E-state index contributed by atoms with van der Waals surface area (Å²) in [4.78, 5) is 8.34. The van der Waals surface area contributed by atoms with Gasteiger partial charge in [-0.25, -0.2) is 4.98 Å². The molecule has 0 aliphatic heterocycles. The van der Waals surface area contributed by atoms with Crippen LogP contribution in [0.4, 0.5) is 11.5 Å². The van der Waals surface area contributed by atoms with E-state index in [2.05, 4.69) is 15.3 Å². The highest BCUT2D eigenvalue weighted by Gasteiger charge is 2.01. The normalized spacial score (nSPS) is 10.2. The molecule has 0 saturated carbocycles. The first-order valence-electron chi connectivity index (χ1n) is 5.52. The van der Waals surface area contributed by atoms with Crippen LogP contribution in [-0.2, 0) is 6.54 Å². The molecule has 0 aliphatic carbocycles. The molecule has 2 aromatic rings. The number of hydrogen-bond acceptors (Lipinski definition) is 4. The van der Waals surface area contributed by atoms with E-state index in [0.29, 0.717) is 5.69 Å². The topological polar surface area (TPSA) is 63.8 Å². The van der Waals surface area contributed by atoms with Gasteiger partial charge in [0.2, 0.25) is 0 Å². The molecule has 2 heterocycles. The lowest BCUT2D eigenvalue weighted by molar-refractivity contribution is 1.06. The quantitative estimate of drug-likeness (QED) is 0.846. The second kappa shape index (κ2) is 4.82. The van der Waals surface area contributed by atoms with Crippen LogP contribution in [0.3, 0.4) is 0 Å². The highest BCUT2D eigenvalue weighted by molar-refractivity contribution is 5.51. The molecule has 88 valence electrons. The number of anilines is 2. The minimum absolute atomic E-state index is 0.688. The lowest BCUT2D eigenvalue weighted by Crippen LogP contribution is -2.05. The van der Waals surface area contributed by atoms with Crippen molar-refractivity contribution in [1.29, 1.82) is 0 Å². The number of nitrogens with one attached hydrogen (secondary N) is 1. The Bertz CT molecular complexity index is 523. The summed E-state index contributed by atoms with van der Waals surface area (Å²) in [6, 6.07) is 3.92. The Labute approximate surface area is 101 Å². The number of aromatic nitrogens is 2. The highest BCUT2D eigenvalue weighted by Crippen LogP contribution is 2.15. The Hall–Kier alpha value is -2.10. The summed E-state index contributed by atoms with van der Waals surface area (Å²) >= 11 is 0. The third-order valence-electron chi connectivity index (χ3n) is 2.68. The van der Waals surface area contributed by atoms with Crippen molar-refractivity contribution < 1.29 is 0 Å². The van der Waals surface area contributed by atoms with Crippen LogP contribution in [-0.4, -0.2) is 9.97 Å². The first-order chi connectivity index (χ1) is 8.16. The van der Waals surface area contributed by atoms with Gasteiger partial charge in [-0.2, -0.15) is 0 Å². The molecule has 0 spiro atoms. The van der Waals surface area contributed by atoms with Crippen LogP contribution in [0.1, 0.15) is 16.7 Å². The van der Waals surface area contributed by atoms with Gasteiger partial charge in [-0.1, -0.05) is 0 Å². The van der Waals surface area contributed by atoms with E-state index in [1.807, 2.05) is 32.2 Å². The number of nitrogens with two attached hydrogens (primary N) is 1. The first kappa shape index (κ1) is 11.4. The molecular formula is C13H16N4. The van der Waals surface area contributed by atoms with Crippen molar-refractivity contribution in [1.82, 2.24) is 9.97 Å². The predicted octanol–water partition coefficient (Wildman–Crippen LogP) is 2.29. The van der Waals surface area contributed by atoms with Crippen LogP contribution in [0.15, 0.2) is 30.7 Å². The van der Waals surface area contributed by atoms with Crippen molar-refractivity contribution in [2.45, 2.75) is 20.4 Å². The van der Waals surface area contributed by atoms with Crippen molar-refractivity contribution in [3.8, 4) is 0 Å². The smallest absolute Gasteiger partial charge is 0.129 e. The van der Waals surface area contributed by atoms with Gasteiger partial charge in [-0.05, 0) is 42.7 Å².